The third-order valence-corrected chi connectivity index (χ3v) is 2.09. The van der Waals surface area contributed by atoms with Gasteiger partial charge < -0.3 is 10.6 Å². The third-order valence-electron chi connectivity index (χ3n) is 2.09. The lowest BCUT2D eigenvalue weighted by molar-refractivity contribution is 0.239. The molecule has 1 rings (SSSR count). The van der Waals surface area contributed by atoms with Crippen molar-refractivity contribution in [1.29, 1.82) is 0 Å². The van der Waals surface area contributed by atoms with Gasteiger partial charge in [-0.25, -0.2) is 0 Å². The molecule has 0 aliphatic carbocycles. The van der Waals surface area contributed by atoms with Crippen molar-refractivity contribution in [3.05, 3.63) is 0 Å². The highest BCUT2D eigenvalue weighted by molar-refractivity contribution is 5.85. The van der Waals surface area contributed by atoms with E-state index in [1.54, 1.807) is 0 Å². The fourth-order valence-corrected chi connectivity index (χ4v) is 1.27. The quantitative estimate of drug-likeness (QED) is 0.579. The van der Waals surface area contributed by atoms with E-state index in [4.69, 9.17) is 0 Å². The lowest BCUT2D eigenvalue weighted by Gasteiger charge is -2.35. The summed E-state index contributed by atoms with van der Waals surface area (Å²) in [6.07, 6.45) is 0. The van der Waals surface area contributed by atoms with Crippen LogP contribution in [0.5, 0.6) is 0 Å². The number of piperazine rings is 1. The first-order chi connectivity index (χ1) is 4.61. The van der Waals surface area contributed by atoms with Crippen molar-refractivity contribution >= 4 is 12.4 Å². The largest absolute Gasteiger partial charge is 0.314 e. The minimum absolute atomic E-state index is 0. The Kier molecular flexibility index (Phi) is 4.37. The second-order valence-corrected chi connectivity index (χ2v) is 4.08. The maximum Gasteiger partial charge on any atom is 0.0241 e. The SMILES string of the molecule is CC(C)(C)C1CNCCN1.Cl. The van der Waals surface area contributed by atoms with Gasteiger partial charge in [0, 0.05) is 25.7 Å². The van der Waals surface area contributed by atoms with Gasteiger partial charge in [-0.2, -0.15) is 0 Å². The summed E-state index contributed by atoms with van der Waals surface area (Å²) in [4.78, 5) is 0. The van der Waals surface area contributed by atoms with Crippen molar-refractivity contribution in [2.24, 2.45) is 5.41 Å². The molecule has 0 bridgehead atoms. The maximum atomic E-state index is 3.50. The smallest absolute Gasteiger partial charge is 0.0241 e. The Hall–Kier alpha value is 0.210. The number of halogens is 1. The Morgan fingerprint density at radius 1 is 1.18 bits per heavy atom. The van der Waals surface area contributed by atoms with Gasteiger partial charge >= 0.3 is 0 Å². The molecule has 11 heavy (non-hydrogen) atoms. The molecule has 1 aliphatic heterocycles. The van der Waals surface area contributed by atoms with Gasteiger partial charge in [0.25, 0.3) is 0 Å². The first kappa shape index (κ1) is 11.2. The lowest BCUT2D eigenvalue weighted by Crippen LogP contribution is -2.54. The van der Waals surface area contributed by atoms with Crippen molar-refractivity contribution in [3.63, 3.8) is 0 Å². The molecule has 0 aromatic rings. The summed E-state index contributed by atoms with van der Waals surface area (Å²) < 4.78 is 0. The van der Waals surface area contributed by atoms with Gasteiger partial charge in [-0.1, -0.05) is 20.8 Å². The predicted octanol–water partition coefficient (Wildman–Crippen LogP) is 1.02. The zero-order valence-corrected chi connectivity index (χ0v) is 8.42. The van der Waals surface area contributed by atoms with Gasteiger partial charge in [0.15, 0.2) is 0 Å². The Morgan fingerprint density at radius 2 is 1.82 bits per heavy atom. The van der Waals surface area contributed by atoms with Gasteiger partial charge in [-0.05, 0) is 5.41 Å². The zero-order chi connectivity index (χ0) is 7.61. The van der Waals surface area contributed by atoms with E-state index in [9.17, 15) is 0 Å². The average molecular weight is 179 g/mol. The molecular weight excluding hydrogens is 160 g/mol. The molecule has 0 spiro atoms. The normalized spacial score (nSPS) is 25.9. The molecule has 2 N–H and O–H groups in total. The Balaban J connectivity index is 0.000001000. The lowest BCUT2D eigenvalue weighted by atomic mass is 9.86. The molecule has 68 valence electrons. The summed E-state index contributed by atoms with van der Waals surface area (Å²) in [6.45, 7) is 10.2. The molecule has 2 nitrogen and oxygen atoms in total. The van der Waals surface area contributed by atoms with E-state index in [1.165, 1.54) is 0 Å². The van der Waals surface area contributed by atoms with Gasteiger partial charge in [-0.15, -0.1) is 12.4 Å². The molecule has 1 heterocycles. The minimum atomic E-state index is 0. The molecule has 0 saturated carbocycles. The van der Waals surface area contributed by atoms with Gasteiger partial charge in [0.05, 0.1) is 0 Å². The highest BCUT2D eigenvalue weighted by atomic mass is 35.5. The monoisotopic (exact) mass is 178 g/mol. The molecule has 1 aliphatic rings. The van der Waals surface area contributed by atoms with Crippen LogP contribution in [-0.2, 0) is 0 Å². The molecule has 1 saturated heterocycles. The standard InChI is InChI=1S/C8H18N2.ClH/c1-8(2,3)7-6-9-4-5-10-7;/h7,9-10H,4-6H2,1-3H3;1H. The summed E-state index contributed by atoms with van der Waals surface area (Å²) in [5.74, 6) is 0. The van der Waals surface area contributed by atoms with Crippen LogP contribution in [0.4, 0.5) is 0 Å². The van der Waals surface area contributed by atoms with E-state index in [0.29, 0.717) is 11.5 Å². The van der Waals surface area contributed by atoms with Crippen molar-refractivity contribution in [3.8, 4) is 0 Å². The highest BCUT2D eigenvalue weighted by Gasteiger charge is 2.24. The van der Waals surface area contributed by atoms with Crippen LogP contribution < -0.4 is 10.6 Å². The van der Waals surface area contributed by atoms with E-state index in [2.05, 4.69) is 31.4 Å². The Bertz CT molecular complexity index is 103. The van der Waals surface area contributed by atoms with Crippen LogP contribution in [0.2, 0.25) is 0 Å². The number of nitrogens with one attached hydrogen (secondary N) is 2. The van der Waals surface area contributed by atoms with Crippen LogP contribution in [-0.4, -0.2) is 25.7 Å². The van der Waals surface area contributed by atoms with Crippen LogP contribution in [0.3, 0.4) is 0 Å². The van der Waals surface area contributed by atoms with Crippen molar-refractivity contribution in [2.75, 3.05) is 19.6 Å². The molecular formula is C8H19ClN2. The van der Waals surface area contributed by atoms with Gasteiger partial charge in [-0.3, -0.25) is 0 Å². The van der Waals surface area contributed by atoms with Crippen LogP contribution in [0.15, 0.2) is 0 Å². The van der Waals surface area contributed by atoms with Crippen LogP contribution >= 0.6 is 12.4 Å². The zero-order valence-electron chi connectivity index (χ0n) is 7.61. The number of rotatable bonds is 0. The van der Waals surface area contributed by atoms with E-state index in [-0.39, 0.29) is 12.4 Å². The van der Waals surface area contributed by atoms with E-state index < -0.39 is 0 Å². The van der Waals surface area contributed by atoms with Crippen LogP contribution in [0.1, 0.15) is 20.8 Å². The second kappa shape index (κ2) is 4.29. The van der Waals surface area contributed by atoms with Crippen molar-refractivity contribution in [1.82, 2.24) is 10.6 Å². The molecule has 3 heteroatoms. The molecule has 1 atom stereocenters. The maximum absolute atomic E-state index is 3.50. The Morgan fingerprint density at radius 3 is 2.09 bits per heavy atom. The average Bonchev–Trinajstić information content (AvgIpc) is 1.88. The topological polar surface area (TPSA) is 24.1 Å². The summed E-state index contributed by atoms with van der Waals surface area (Å²) >= 11 is 0. The van der Waals surface area contributed by atoms with Gasteiger partial charge in [0.2, 0.25) is 0 Å². The summed E-state index contributed by atoms with van der Waals surface area (Å²) in [5, 5.41) is 6.88. The van der Waals surface area contributed by atoms with Crippen molar-refractivity contribution in [2.45, 2.75) is 26.8 Å². The third kappa shape index (κ3) is 3.41. The van der Waals surface area contributed by atoms with E-state index in [1.807, 2.05) is 0 Å². The summed E-state index contributed by atoms with van der Waals surface area (Å²) in [7, 11) is 0. The molecule has 0 radical (unpaired) electrons. The first-order valence-corrected chi connectivity index (χ1v) is 4.05. The fourth-order valence-electron chi connectivity index (χ4n) is 1.27. The molecule has 1 unspecified atom stereocenters. The molecule has 0 aromatic heterocycles. The minimum Gasteiger partial charge on any atom is -0.314 e. The second-order valence-electron chi connectivity index (χ2n) is 4.08. The van der Waals surface area contributed by atoms with Crippen LogP contribution in [0.25, 0.3) is 0 Å². The van der Waals surface area contributed by atoms with Gasteiger partial charge in [0.1, 0.15) is 0 Å². The fraction of sp³-hybridized carbons (Fsp3) is 1.00. The molecule has 1 fully saturated rings. The van der Waals surface area contributed by atoms with E-state index >= 15 is 0 Å². The summed E-state index contributed by atoms with van der Waals surface area (Å²) in [6, 6.07) is 0.640. The molecule has 0 amide bonds. The van der Waals surface area contributed by atoms with Crippen molar-refractivity contribution < 1.29 is 0 Å². The summed E-state index contributed by atoms with van der Waals surface area (Å²) in [5.41, 5.74) is 0.396. The molecule has 0 aromatic carbocycles. The first-order valence-electron chi connectivity index (χ1n) is 4.05. The number of hydrogen-bond donors (Lipinski definition) is 2. The van der Waals surface area contributed by atoms with E-state index in [0.717, 1.165) is 19.6 Å². The Labute approximate surface area is 75.5 Å². The predicted molar refractivity (Wildman–Crippen MR) is 51.4 cm³/mol. The highest BCUT2D eigenvalue weighted by Crippen LogP contribution is 2.19. The van der Waals surface area contributed by atoms with Crippen LogP contribution in [0, 0.1) is 5.41 Å². The number of hydrogen-bond acceptors (Lipinski definition) is 2.